The van der Waals surface area contributed by atoms with Crippen molar-refractivity contribution in [2.75, 3.05) is 39.9 Å². The third-order valence-electron chi connectivity index (χ3n) is 3.72. The Morgan fingerprint density at radius 3 is 2.74 bits per heavy atom. The van der Waals surface area contributed by atoms with Crippen LogP contribution in [0.2, 0.25) is 0 Å². The summed E-state index contributed by atoms with van der Waals surface area (Å²) < 4.78 is 4.93. The quantitative estimate of drug-likeness (QED) is 0.607. The van der Waals surface area contributed by atoms with Crippen LogP contribution in [0, 0.1) is 0 Å². The zero-order valence-electron chi connectivity index (χ0n) is 12.2. The van der Waals surface area contributed by atoms with Gasteiger partial charge >= 0.3 is 0 Å². The van der Waals surface area contributed by atoms with Crippen LogP contribution in [-0.2, 0) is 9.53 Å². The monoisotopic (exact) mass is 271 g/mol. The molecule has 0 aromatic heterocycles. The number of nitrogens with zero attached hydrogens (tertiary/aromatic N) is 1. The van der Waals surface area contributed by atoms with Crippen LogP contribution >= 0.6 is 0 Å². The minimum Gasteiger partial charge on any atom is -0.383 e. The molecule has 1 saturated carbocycles. The van der Waals surface area contributed by atoms with Crippen LogP contribution in [0.4, 0.5) is 0 Å². The van der Waals surface area contributed by atoms with Crippen molar-refractivity contribution < 1.29 is 9.53 Å². The number of nitrogens with two attached hydrogens (primary N) is 1. The van der Waals surface area contributed by atoms with E-state index in [1.165, 1.54) is 32.1 Å². The van der Waals surface area contributed by atoms with E-state index in [0.29, 0.717) is 32.3 Å². The van der Waals surface area contributed by atoms with Crippen molar-refractivity contribution >= 4 is 5.91 Å². The Labute approximate surface area is 116 Å². The first-order valence-electron chi connectivity index (χ1n) is 7.47. The van der Waals surface area contributed by atoms with Crippen molar-refractivity contribution in [2.45, 2.75) is 44.6 Å². The first-order valence-corrected chi connectivity index (χ1v) is 7.47. The fourth-order valence-corrected chi connectivity index (χ4v) is 2.66. The van der Waals surface area contributed by atoms with Crippen LogP contribution in [0.25, 0.3) is 0 Å². The molecule has 0 radical (unpaired) electrons. The van der Waals surface area contributed by atoms with Crippen molar-refractivity contribution in [1.82, 2.24) is 10.2 Å². The number of hydrogen-bond acceptors (Lipinski definition) is 4. The van der Waals surface area contributed by atoms with Gasteiger partial charge in [-0.05, 0) is 25.8 Å². The van der Waals surface area contributed by atoms with Gasteiger partial charge in [-0.15, -0.1) is 0 Å². The van der Waals surface area contributed by atoms with E-state index in [1.54, 1.807) is 7.11 Å². The Morgan fingerprint density at radius 2 is 2.11 bits per heavy atom. The van der Waals surface area contributed by atoms with Crippen molar-refractivity contribution in [3.8, 4) is 0 Å². The van der Waals surface area contributed by atoms with Gasteiger partial charge in [0, 0.05) is 26.2 Å². The second-order valence-corrected chi connectivity index (χ2v) is 5.25. The third-order valence-corrected chi connectivity index (χ3v) is 3.72. The van der Waals surface area contributed by atoms with Crippen molar-refractivity contribution in [3.05, 3.63) is 0 Å². The summed E-state index contributed by atoms with van der Waals surface area (Å²) in [5.41, 5.74) is 5.59. The molecule has 112 valence electrons. The van der Waals surface area contributed by atoms with Crippen LogP contribution < -0.4 is 11.1 Å². The Morgan fingerprint density at radius 1 is 1.37 bits per heavy atom. The molecule has 0 spiro atoms. The fourth-order valence-electron chi connectivity index (χ4n) is 2.66. The second kappa shape index (κ2) is 10.2. The van der Waals surface area contributed by atoms with Crippen LogP contribution in [0.15, 0.2) is 0 Å². The second-order valence-electron chi connectivity index (χ2n) is 5.25. The molecule has 0 aromatic rings. The largest absolute Gasteiger partial charge is 0.383 e. The van der Waals surface area contributed by atoms with Crippen molar-refractivity contribution in [1.29, 1.82) is 0 Å². The number of ether oxygens (including phenoxy) is 1. The molecule has 5 heteroatoms. The van der Waals surface area contributed by atoms with E-state index in [0.717, 1.165) is 13.0 Å². The smallest absolute Gasteiger partial charge is 0.234 e. The standard InChI is InChI=1S/C14H29N3O2/c1-19-11-9-16-14(18)12-17(10-5-8-15)13-6-3-2-4-7-13/h13H,2-12,15H2,1H3,(H,16,18). The van der Waals surface area contributed by atoms with E-state index in [1.807, 2.05) is 0 Å². The Hall–Kier alpha value is -0.650. The van der Waals surface area contributed by atoms with Gasteiger partial charge in [0.25, 0.3) is 0 Å². The molecule has 0 unspecified atom stereocenters. The highest BCUT2D eigenvalue weighted by Crippen LogP contribution is 2.22. The summed E-state index contributed by atoms with van der Waals surface area (Å²) in [4.78, 5) is 14.2. The van der Waals surface area contributed by atoms with E-state index < -0.39 is 0 Å². The molecule has 1 fully saturated rings. The number of hydrogen-bond donors (Lipinski definition) is 2. The lowest BCUT2D eigenvalue weighted by Gasteiger charge is -2.33. The third kappa shape index (κ3) is 6.89. The average Bonchev–Trinajstić information content (AvgIpc) is 2.44. The molecule has 1 rings (SSSR count). The predicted molar refractivity (Wildman–Crippen MR) is 77.0 cm³/mol. The summed E-state index contributed by atoms with van der Waals surface area (Å²) in [7, 11) is 1.64. The van der Waals surface area contributed by atoms with E-state index in [9.17, 15) is 4.79 Å². The molecule has 19 heavy (non-hydrogen) atoms. The number of carbonyl (C=O) groups excluding carboxylic acids is 1. The Balaban J connectivity index is 2.36. The molecule has 1 aliphatic rings. The summed E-state index contributed by atoms with van der Waals surface area (Å²) in [6.45, 7) is 3.27. The molecule has 1 aliphatic carbocycles. The molecular formula is C14H29N3O2. The number of rotatable bonds is 9. The SMILES string of the molecule is COCCNC(=O)CN(CCCN)C1CCCCC1. The minimum atomic E-state index is 0.0969. The highest BCUT2D eigenvalue weighted by atomic mass is 16.5. The van der Waals surface area contributed by atoms with Crippen LogP contribution in [0.5, 0.6) is 0 Å². The molecule has 5 nitrogen and oxygen atoms in total. The molecule has 0 heterocycles. The van der Waals surface area contributed by atoms with Gasteiger partial charge in [0.2, 0.25) is 5.91 Å². The van der Waals surface area contributed by atoms with Crippen molar-refractivity contribution in [2.24, 2.45) is 5.73 Å². The van der Waals surface area contributed by atoms with Gasteiger partial charge in [0.15, 0.2) is 0 Å². The van der Waals surface area contributed by atoms with Gasteiger partial charge in [-0.3, -0.25) is 9.69 Å². The lowest BCUT2D eigenvalue weighted by molar-refractivity contribution is -0.123. The van der Waals surface area contributed by atoms with E-state index >= 15 is 0 Å². The molecule has 1 amide bonds. The zero-order valence-corrected chi connectivity index (χ0v) is 12.2. The number of carbonyl (C=O) groups is 1. The van der Waals surface area contributed by atoms with Crippen molar-refractivity contribution in [3.63, 3.8) is 0 Å². The fraction of sp³-hybridized carbons (Fsp3) is 0.929. The van der Waals surface area contributed by atoms with Crippen LogP contribution in [-0.4, -0.2) is 56.7 Å². The van der Waals surface area contributed by atoms with E-state index in [4.69, 9.17) is 10.5 Å². The first-order chi connectivity index (χ1) is 9.27. The summed E-state index contributed by atoms with van der Waals surface area (Å²) >= 11 is 0. The van der Waals surface area contributed by atoms with E-state index in [-0.39, 0.29) is 5.91 Å². The molecule has 0 atom stereocenters. The summed E-state index contributed by atoms with van der Waals surface area (Å²) in [5.74, 6) is 0.0969. The summed E-state index contributed by atoms with van der Waals surface area (Å²) in [6.07, 6.45) is 7.30. The number of methoxy groups -OCH3 is 1. The van der Waals surface area contributed by atoms with Gasteiger partial charge in [-0.1, -0.05) is 19.3 Å². The number of nitrogens with one attached hydrogen (secondary N) is 1. The van der Waals surface area contributed by atoms with Gasteiger partial charge in [-0.2, -0.15) is 0 Å². The lowest BCUT2D eigenvalue weighted by Crippen LogP contribution is -2.45. The predicted octanol–water partition coefficient (Wildman–Crippen LogP) is 0.733. The van der Waals surface area contributed by atoms with Crippen LogP contribution in [0.3, 0.4) is 0 Å². The zero-order chi connectivity index (χ0) is 13.9. The maximum Gasteiger partial charge on any atom is 0.234 e. The highest BCUT2D eigenvalue weighted by molar-refractivity contribution is 5.78. The summed E-state index contributed by atoms with van der Waals surface area (Å²) in [5, 5.41) is 2.89. The van der Waals surface area contributed by atoms with Gasteiger partial charge in [0.05, 0.1) is 13.2 Å². The molecule has 0 aromatic carbocycles. The normalized spacial score (nSPS) is 16.8. The summed E-state index contributed by atoms with van der Waals surface area (Å²) in [6, 6.07) is 0.563. The lowest BCUT2D eigenvalue weighted by atomic mass is 9.94. The highest BCUT2D eigenvalue weighted by Gasteiger charge is 2.22. The van der Waals surface area contributed by atoms with Crippen LogP contribution in [0.1, 0.15) is 38.5 Å². The maximum absolute atomic E-state index is 11.9. The first kappa shape index (κ1) is 16.4. The molecule has 0 aliphatic heterocycles. The Kier molecular flexibility index (Phi) is 8.79. The minimum absolute atomic E-state index is 0.0969. The maximum atomic E-state index is 11.9. The van der Waals surface area contributed by atoms with Gasteiger partial charge in [-0.25, -0.2) is 0 Å². The van der Waals surface area contributed by atoms with Gasteiger partial charge in [0.1, 0.15) is 0 Å². The van der Waals surface area contributed by atoms with E-state index in [2.05, 4.69) is 10.2 Å². The average molecular weight is 271 g/mol. The van der Waals surface area contributed by atoms with Gasteiger partial charge < -0.3 is 15.8 Å². The molecular weight excluding hydrogens is 242 g/mol. The Bertz CT molecular complexity index is 243. The molecule has 0 saturated heterocycles. The molecule has 0 bridgehead atoms. The topological polar surface area (TPSA) is 67.6 Å². The molecule has 3 N–H and O–H groups in total. The number of amides is 1.